The minimum Gasteiger partial charge on any atom is -0.493 e. The van der Waals surface area contributed by atoms with Crippen molar-refractivity contribution in [2.24, 2.45) is 0 Å². The van der Waals surface area contributed by atoms with Gasteiger partial charge in [0, 0.05) is 34.3 Å². The lowest BCUT2D eigenvalue weighted by Crippen LogP contribution is -2.21. The molecule has 1 aromatic carbocycles. The van der Waals surface area contributed by atoms with Crippen LogP contribution in [0, 0.1) is 0 Å². The van der Waals surface area contributed by atoms with Crippen molar-refractivity contribution in [1.82, 2.24) is 5.32 Å². The van der Waals surface area contributed by atoms with Crippen molar-refractivity contribution in [2.45, 2.75) is 25.8 Å². The molecule has 0 saturated carbocycles. The zero-order valence-electron chi connectivity index (χ0n) is 11.2. The van der Waals surface area contributed by atoms with Gasteiger partial charge < -0.3 is 10.1 Å². The Kier molecular flexibility index (Phi) is 3.85. The molecule has 3 rings (SSSR count). The molecular formula is C16H19NOS. The van der Waals surface area contributed by atoms with E-state index in [4.69, 9.17) is 4.74 Å². The maximum atomic E-state index is 5.70. The molecule has 2 nitrogen and oxygen atoms in total. The SMILES string of the molecule is CCc1ccc(CNCC2COc3ccccc32)s1. The van der Waals surface area contributed by atoms with Crippen LogP contribution in [-0.4, -0.2) is 13.2 Å². The summed E-state index contributed by atoms with van der Waals surface area (Å²) in [6.45, 7) is 4.95. The molecule has 1 aliphatic heterocycles. The molecule has 0 aliphatic carbocycles. The average molecular weight is 273 g/mol. The highest BCUT2D eigenvalue weighted by molar-refractivity contribution is 7.11. The van der Waals surface area contributed by atoms with Crippen LogP contribution in [0.2, 0.25) is 0 Å². The van der Waals surface area contributed by atoms with E-state index < -0.39 is 0 Å². The zero-order valence-corrected chi connectivity index (χ0v) is 12.0. The largest absolute Gasteiger partial charge is 0.493 e. The third-order valence-corrected chi connectivity index (χ3v) is 4.78. The molecule has 1 N–H and O–H groups in total. The number of benzene rings is 1. The van der Waals surface area contributed by atoms with Crippen LogP contribution in [0.4, 0.5) is 0 Å². The molecule has 19 heavy (non-hydrogen) atoms. The smallest absolute Gasteiger partial charge is 0.122 e. The molecule has 0 spiro atoms. The van der Waals surface area contributed by atoms with E-state index in [9.17, 15) is 0 Å². The Morgan fingerprint density at radius 2 is 2.05 bits per heavy atom. The number of rotatable bonds is 5. The molecule has 0 saturated heterocycles. The van der Waals surface area contributed by atoms with Gasteiger partial charge in [0.1, 0.15) is 5.75 Å². The first kappa shape index (κ1) is 12.7. The van der Waals surface area contributed by atoms with Crippen molar-refractivity contribution in [3.8, 4) is 5.75 Å². The van der Waals surface area contributed by atoms with Crippen LogP contribution in [0.1, 0.15) is 28.2 Å². The van der Waals surface area contributed by atoms with Gasteiger partial charge in [0.15, 0.2) is 0 Å². The second-order valence-electron chi connectivity index (χ2n) is 4.90. The molecule has 2 heterocycles. The zero-order chi connectivity index (χ0) is 13.1. The number of fused-ring (bicyclic) bond motifs is 1. The fourth-order valence-corrected chi connectivity index (χ4v) is 3.40. The summed E-state index contributed by atoms with van der Waals surface area (Å²) in [5.74, 6) is 1.54. The summed E-state index contributed by atoms with van der Waals surface area (Å²) in [5, 5.41) is 3.55. The van der Waals surface area contributed by atoms with E-state index in [2.05, 4.69) is 42.6 Å². The van der Waals surface area contributed by atoms with E-state index in [0.717, 1.165) is 31.9 Å². The molecule has 0 amide bonds. The first-order chi connectivity index (χ1) is 9.36. The Hall–Kier alpha value is -1.32. The highest BCUT2D eigenvalue weighted by Crippen LogP contribution is 2.32. The van der Waals surface area contributed by atoms with Crippen molar-refractivity contribution in [1.29, 1.82) is 0 Å². The van der Waals surface area contributed by atoms with Gasteiger partial charge >= 0.3 is 0 Å². The van der Waals surface area contributed by atoms with E-state index in [-0.39, 0.29) is 0 Å². The van der Waals surface area contributed by atoms with Crippen LogP contribution in [0.3, 0.4) is 0 Å². The van der Waals surface area contributed by atoms with E-state index in [0.29, 0.717) is 5.92 Å². The van der Waals surface area contributed by atoms with Gasteiger partial charge in [-0.05, 0) is 24.6 Å². The second kappa shape index (κ2) is 5.76. The normalized spacial score (nSPS) is 17.2. The van der Waals surface area contributed by atoms with Gasteiger partial charge in [-0.25, -0.2) is 0 Å². The van der Waals surface area contributed by atoms with Gasteiger partial charge in [0.05, 0.1) is 6.61 Å². The third-order valence-electron chi connectivity index (χ3n) is 3.55. The van der Waals surface area contributed by atoms with Crippen molar-refractivity contribution >= 4 is 11.3 Å². The molecule has 1 aromatic heterocycles. The molecule has 1 atom stereocenters. The minimum atomic E-state index is 0.488. The number of ether oxygens (including phenoxy) is 1. The Morgan fingerprint density at radius 1 is 1.21 bits per heavy atom. The monoisotopic (exact) mass is 273 g/mol. The van der Waals surface area contributed by atoms with Gasteiger partial charge in [0.25, 0.3) is 0 Å². The van der Waals surface area contributed by atoms with Crippen LogP contribution < -0.4 is 10.1 Å². The third kappa shape index (κ3) is 2.82. The summed E-state index contributed by atoms with van der Waals surface area (Å²) in [6.07, 6.45) is 1.13. The van der Waals surface area contributed by atoms with Gasteiger partial charge in [0.2, 0.25) is 0 Å². The number of nitrogens with one attached hydrogen (secondary N) is 1. The van der Waals surface area contributed by atoms with E-state index >= 15 is 0 Å². The van der Waals surface area contributed by atoms with Gasteiger partial charge in [-0.15, -0.1) is 11.3 Å². The number of hydrogen-bond donors (Lipinski definition) is 1. The first-order valence-corrected chi connectivity index (χ1v) is 7.68. The number of thiophene rings is 1. The molecule has 0 fully saturated rings. The van der Waals surface area contributed by atoms with Crippen LogP contribution in [0.25, 0.3) is 0 Å². The molecule has 2 aromatic rings. The fourth-order valence-electron chi connectivity index (χ4n) is 2.48. The maximum Gasteiger partial charge on any atom is 0.122 e. The summed E-state index contributed by atoms with van der Waals surface area (Å²) in [4.78, 5) is 2.88. The van der Waals surface area contributed by atoms with Crippen molar-refractivity contribution in [2.75, 3.05) is 13.2 Å². The Labute approximate surface area is 118 Å². The van der Waals surface area contributed by atoms with E-state index in [1.165, 1.54) is 15.3 Å². The lowest BCUT2D eigenvalue weighted by Gasteiger charge is -2.09. The van der Waals surface area contributed by atoms with Crippen LogP contribution >= 0.6 is 11.3 Å². The highest BCUT2D eigenvalue weighted by Gasteiger charge is 2.22. The number of hydrogen-bond acceptors (Lipinski definition) is 3. The number of aryl methyl sites for hydroxylation is 1. The molecule has 0 radical (unpaired) electrons. The molecule has 1 unspecified atom stereocenters. The molecule has 1 aliphatic rings. The lowest BCUT2D eigenvalue weighted by molar-refractivity contribution is 0.326. The summed E-state index contributed by atoms with van der Waals surface area (Å²) in [7, 11) is 0. The van der Waals surface area contributed by atoms with Crippen LogP contribution in [-0.2, 0) is 13.0 Å². The molecule has 0 bridgehead atoms. The Bertz CT molecular complexity index is 549. The highest BCUT2D eigenvalue weighted by atomic mass is 32.1. The van der Waals surface area contributed by atoms with E-state index in [1.807, 2.05) is 17.4 Å². The van der Waals surface area contributed by atoms with Gasteiger partial charge in [-0.3, -0.25) is 0 Å². The topological polar surface area (TPSA) is 21.3 Å². The van der Waals surface area contributed by atoms with Crippen molar-refractivity contribution in [3.63, 3.8) is 0 Å². The Balaban J connectivity index is 1.53. The van der Waals surface area contributed by atoms with Crippen LogP contribution in [0.15, 0.2) is 36.4 Å². The van der Waals surface area contributed by atoms with Crippen molar-refractivity contribution < 1.29 is 4.74 Å². The summed E-state index contributed by atoms with van der Waals surface area (Å²) >= 11 is 1.91. The first-order valence-electron chi connectivity index (χ1n) is 6.87. The number of para-hydroxylation sites is 1. The quantitative estimate of drug-likeness (QED) is 0.899. The van der Waals surface area contributed by atoms with Gasteiger partial charge in [-0.2, -0.15) is 0 Å². The molecule has 3 heteroatoms. The summed E-state index contributed by atoms with van der Waals surface area (Å²) in [5.41, 5.74) is 1.34. The lowest BCUT2D eigenvalue weighted by atomic mass is 10.0. The van der Waals surface area contributed by atoms with E-state index in [1.54, 1.807) is 0 Å². The maximum absolute atomic E-state index is 5.70. The fraction of sp³-hybridized carbons (Fsp3) is 0.375. The predicted molar refractivity (Wildman–Crippen MR) is 80.1 cm³/mol. The second-order valence-corrected chi connectivity index (χ2v) is 6.15. The van der Waals surface area contributed by atoms with Gasteiger partial charge in [-0.1, -0.05) is 25.1 Å². The standard InChI is InChI=1S/C16H19NOS/c1-2-13-7-8-14(19-13)10-17-9-12-11-18-16-6-4-3-5-15(12)16/h3-8,12,17H,2,9-11H2,1H3. The summed E-state index contributed by atoms with van der Waals surface area (Å²) < 4.78 is 5.70. The van der Waals surface area contributed by atoms with Crippen LogP contribution in [0.5, 0.6) is 5.75 Å². The average Bonchev–Trinajstić information content (AvgIpc) is 3.06. The predicted octanol–water partition coefficient (Wildman–Crippen LogP) is 3.58. The Morgan fingerprint density at radius 3 is 2.89 bits per heavy atom. The minimum absolute atomic E-state index is 0.488. The molecule has 100 valence electrons. The van der Waals surface area contributed by atoms with Crippen molar-refractivity contribution in [3.05, 3.63) is 51.7 Å². The molecular weight excluding hydrogens is 254 g/mol. The summed E-state index contributed by atoms with van der Waals surface area (Å²) in [6, 6.07) is 12.8.